The van der Waals surface area contributed by atoms with Crippen LogP contribution in [0.15, 0.2) is 64.4 Å². The molecule has 13 heteroatoms. The summed E-state index contributed by atoms with van der Waals surface area (Å²) in [5, 5.41) is 0. The number of rotatable bonds is 6. The standard InChI is InChI=1S/C19H20F3N3O5S2/c20-19(21,22)15-5-4-8-17(13-15)31(27,28)23-14-18(26)24-9-11-25(12-10-24)32(29,30)16-6-2-1-3-7-16/h1-8,13,23H,9-12,14H2. The van der Waals surface area contributed by atoms with Gasteiger partial charge in [-0.1, -0.05) is 24.3 Å². The molecule has 0 aromatic heterocycles. The molecule has 1 aliphatic rings. The molecule has 0 atom stereocenters. The summed E-state index contributed by atoms with van der Waals surface area (Å²) in [6.45, 7) is -0.497. The van der Waals surface area contributed by atoms with E-state index in [0.29, 0.717) is 6.07 Å². The molecule has 1 saturated heterocycles. The molecule has 1 N–H and O–H groups in total. The topological polar surface area (TPSA) is 104 Å². The number of sulfonamides is 2. The second kappa shape index (κ2) is 9.17. The number of amides is 1. The molecule has 1 heterocycles. The molecule has 1 aliphatic heterocycles. The van der Waals surface area contributed by atoms with E-state index in [1.54, 1.807) is 18.2 Å². The van der Waals surface area contributed by atoms with Gasteiger partial charge in [-0.25, -0.2) is 21.6 Å². The highest BCUT2D eigenvalue weighted by molar-refractivity contribution is 7.89. The van der Waals surface area contributed by atoms with E-state index in [-0.39, 0.29) is 31.1 Å². The van der Waals surface area contributed by atoms with Gasteiger partial charge in [0.2, 0.25) is 26.0 Å². The van der Waals surface area contributed by atoms with Gasteiger partial charge in [0.1, 0.15) is 0 Å². The SMILES string of the molecule is O=C(CNS(=O)(=O)c1cccc(C(F)(F)F)c1)N1CCN(S(=O)(=O)c2ccccc2)CC1. The summed E-state index contributed by atoms with van der Waals surface area (Å²) >= 11 is 0. The number of carbonyl (C=O) groups excluding carboxylic acids is 1. The second-order valence-electron chi connectivity index (χ2n) is 6.95. The van der Waals surface area contributed by atoms with Crippen molar-refractivity contribution in [3.8, 4) is 0 Å². The Balaban J connectivity index is 1.59. The largest absolute Gasteiger partial charge is 0.416 e. The maximum absolute atomic E-state index is 12.8. The average molecular weight is 492 g/mol. The second-order valence-corrected chi connectivity index (χ2v) is 10.7. The third kappa shape index (κ3) is 5.46. The lowest BCUT2D eigenvalue weighted by Gasteiger charge is -2.34. The zero-order chi connectivity index (χ0) is 23.6. The van der Waals surface area contributed by atoms with Crippen molar-refractivity contribution >= 4 is 26.0 Å². The van der Waals surface area contributed by atoms with Crippen molar-refractivity contribution in [3.63, 3.8) is 0 Å². The predicted octanol–water partition coefficient (Wildman–Crippen LogP) is 1.52. The lowest BCUT2D eigenvalue weighted by molar-refractivity contribution is -0.137. The van der Waals surface area contributed by atoms with Crippen LogP contribution in [0.3, 0.4) is 0 Å². The first kappa shape index (κ1) is 24.2. The van der Waals surface area contributed by atoms with Gasteiger partial charge in [0.05, 0.1) is 21.9 Å². The number of nitrogens with one attached hydrogen (secondary N) is 1. The fourth-order valence-electron chi connectivity index (χ4n) is 3.11. The van der Waals surface area contributed by atoms with Gasteiger partial charge in [-0.3, -0.25) is 4.79 Å². The summed E-state index contributed by atoms with van der Waals surface area (Å²) in [6.07, 6.45) is -4.71. The van der Waals surface area contributed by atoms with Crippen LogP contribution in [-0.4, -0.2) is 64.7 Å². The number of nitrogens with zero attached hydrogens (tertiary/aromatic N) is 2. The molecule has 2 aromatic rings. The van der Waals surface area contributed by atoms with Crippen LogP contribution < -0.4 is 4.72 Å². The van der Waals surface area contributed by atoms with E-state index in [0.717, 1.165) is 18.2 Å². The van der Waals surface area contributed by atoms with Crippen LogP contribution in [0.4, 0.5) is 13.2 Å². The Labute approximate surface area is 183 Å². The zero-order valence-electron chi connectivity index (χ0n) is 16.6. The first-order valence-corrected chi connectivity index (χ1v) is 12.3. The smallest absolute Gasteiger partial charge is 0.339 e. The van der Waals surface area contributed by atoms with Crippen molar-refractivity contribution in [2.75, 3.05) is 32.7 Å². The molecule has 0 unspecified atom stereocenters. The minimum Gasteiger partial charge on any atom is -0.339 e. The summed E-state index contributed by atoms with van der Waals surface area (Å²) in [5.41, 5.74) is -1.12. The third-order valence-electron chi connectivity index (χ3n) is 4.86. The van der Waals surface area contributed by atoms with Crippen LogP contribution in [0.2, 0.25) is 0 Å². The van der Waals surface area contributed by atoms with E-state index in [2.05, 4.69) is 0 Å². The van der Waals surface area contributed by atoms with Crippen molar-refractivity contribution < 1.29 is 34.8 Å². The Hall–Kier alpha value is -2.48. The number of alkyl halides is 3. The highest BCUT2D eigenvalue weighted by Crippen LogP contribution is 2.30. The third-order valence-corrected chi connectivity index (χ3v) is 8.17. The molecule has 1 amide bonds. The van der Waals surface area contributed by atoms with Crippen LogP contribution in [0.25, 0.3) is 0 Å². The lowest BCUT2D eigenvalue weighted by atomic mass is 10.2. The fraction of sp³-hybridized carbons (Fsp3) is 0.316. The molecule has 3 rings (SSSR count). The van der Waals surface area contributed by atoms with Crippen molar-refractivity contribution in [2.45, 2.75) is 16.0 Å². The molecule has 0 radical (unpaired) electrons. The number of benzene rings is 2. The molecule has 0 spiro atoms. The summed E-state index contributed by atoms with van der Waals surface area (Å²) in [6, 6.07) is 11.0. The van der Waals surface area contributed by atoms with Crippen LogP contribution in [0.5, 0.6) is 0 Å². The Bertz CT molecular complexity index is 1180. The van der Waals surface area contributed by atoms with Crippen LogP contribution >= 0.6 is 0 Å². The van der Waals surface area contributed by atoms with Gasteiger partial charge in [0.25, 0.3) is 0 Å². The minimum absolute atomic E-state index is 0.0311. The average Bonchev–Trinajstić information content (AvgIpc) is 2.78. The molecule has 1 fully saturated rings. The first-order valence-electron chi connectivity index (χ1n) is 9.41. The van der Waals surface area contributed by atoms with Gasteiger partial charge >= 0.3 is 6.18 Å². The van der Waals surface area contributed by atoms with E-state index < -0.39 is 49.1 Å². The molecule has 32 heavy (non-hydrogen) atoms. The Morgan fingerprint density at radius 1 is 0.875 bits per heavy atom. The zero-order valence-corrected chi connectivity index (χ0v) is 18.3. The summed E-state index contributed by atoms with van der Waals surface area (Å²) in [7, 11) is -8.06. The fourth-order valence-corrected chi connectivity index (χ4v) is 5.57. The van der Waals surface area contributed by atoms with Gasteiger partial charge in [0, 0.05) is 26.2 Å². The quantitative estimate of drug-likeness (QED) is 0.660. The summed E-state index contributed by atoms with van der Waals surface area (Å²) in [5.74, 6) is -0.614. The molecule has 174 valence electrons. The molecular weight excluding hydrogens is 471 g/mol. The molecule has 0 saturated carbocycles. The van der Waals surface area contributed by atoms with E-state index in [9.17, 15) is 34.8 Å². The van der Waals surface area contributed by atoms with E-state index in [1.807, 2.05) is 4.72 Å². The minimum atomic E-state index is -4.71. The van der Waals surface area contributed by atoms with Gasteiger partial charge in [-0.2, -0.15) is 17.5 Å². The summed E-state index contributed by atoms with van der Waals surface area (Å²) in [4.78, 5) is 13.2. The van der Waals surface area contributed by atoms with Crippen molar-refractivity contribution in [2.24, 2.45) is 0 Å². The van der Waals surface area contributed by atoms with Gasteiger partial charge < -0.3 is 4.90 Å². The lowest BCUT2D eigenvalue weighted by Crippen LogP contribution is -2.52. The van der Waals surface area contributed by atoms with Crippen LogP contribution in [0.1, 0.15) is 5.56 Å². The Morgan fingerprint density at radius 2 is 1.47 bits per heavy atom. The van der Waals surface area contributed by atoms with Crippen molar-refractivity contribution in [1.29, 1.82) is 0 Å². The number of hydrogen-bond donors (Lipinski definition) is 1. The number of piperazine rings is 1. The molecule has 2 aromatic carbocycles. The van der Waals surface area contributed by atoms with Crippen LogP contribution in [-0.2, 0) is 31.0 Å². The van der Waals surface area contributed by atoms with E-state index in [1.165, 1.54) is 21.3 Å². The molecule has 0 bridgehead atoms. The maximum Gasteiger partial charge on any atom is 0.416 e. The maximum atomic E-state index is 12.8. The monoisotopic (exact) mass is 491 g/mol. The van der Waals surface area contributed by atoms with E-state index >= 15 is 0 Å². The normalized spacial score (nSPS) is 16.2. The van der Waals surface area contributed by atoms with E-state index in [4.69, 9.17) is 0 Å². The number of hydrogen-bond acceptors (Lipinski definition) is 5. The Kier molecular flexibility index (Phi) is 6.93. The Morgan fingerprint density at radius 3 is 2.06 bits per heavy atom. The van der Waals surface area contributed by atoms with Gasteiger partial charge in [0.15, 0.2) is 0 Å². The predicted molar refractivity (Wildman–Crippen MR) is 108 cm³/mol. The molecule has 0 aliphatic carbocycles. The number of halogens is 3. The van der Waals surface area contributed by atoms with Crippen molar-refractivity contribution in [1.82, 2.24) is 13.9 Å². The van der Waals surface area contributed by atoms with Gasteiger partial charge in [-0.05, 0) is 30.3 Å². The first-order chi connectivity index (χ1) is 14.9. The highest BCUT2D eigenvalue weighted by atomic mass is 32.2. The molecule has 8 nitrogen and oxygen atoms in total. The highest BCUT2D eigenvalue weighted by Gasteiger charge is 2.32. The summed E-state index contributed by atoms with van der Waals surface area (Å²) < 4.78 is 91.5. The van der Waals surface area contributed by atoms with Crippen LogP contribution in [0, 0.1) is 0 Å². The number of carbonyl (C=O) groups is 1. The molecular formula is C19H20F3N3O5S2. The van der Waals surface area contributed by atoms with Crippen molar-refractivity contribution in [3.05, 3.63) is 60.2 Å². The van der Waals surface area contributed by atoms with Gasteiger partial charge in [-0.15, -0.1) is 0 Å².